The summed E-state index contributed by atoms with van der Waals surface area (Å²) in [4.78, 5) is 11.9. The Bertz CT molecular complexity index is 933. The third-order valence-electron chi connectivity index (χ3n) is 5.04. The number of rotatable bonds is 8. The Morgan fingerprint density at radius 1 is 1.23 bits per heavy atom. The molecule has 2 aromatic rings. The van der Waals surface area contributed by atoms with Gasteiger partial charge in [-0.1, -0.05) is 37.5 Å². The Morgan fingerprint density at radius 2 is 2.03 bits per heavy atom. The van der Waals surface area contributed by atoms with Crippen molar-refractivity contribution in [1.29, 1.82) is 5.26 Å². The highest BCUT2D eigenvalue weighted by Crippen LogP contribution is 2.26. The standard InChI is InChI=1S/C23H25BrN4O2/c24-21-12-17(14-27-28-23(29)15-26-20-8-2-1-3-9-20)10-11-22(21)30-16-19-7-5-4-6-18(19)13-25/h4-7,10-12,14,20,26H,1-3,8-9,15-16H2,(H,28,29)/b27-14-. The van der Waals surface area contributed by atoms with Gasteiger partial charge in [-0.15, -0.1) is 0 Å². The Kier molecular flexibility index (Phi) is 8.42. The highest BCUT2D eigenvalue weighted by atomic mass is 79.9. The molecule has 6 nitrogen and oxygen atoms in total. The van der Waals surface area contributed by atoms with E-state index >= 15 is 0 Å². The maximum absolute atomic E-state index is 11.9. The van der Waals surface area contributed by atoms with E-state index in [1.54, 1.807) is 12.3 Å². The summed E-state index contributed by atoms with van der Waals surface area (Å²) in [6.45, 7) is 0.586. The highest BCUT2D eigenvalue weighted by Gasteiger charge is 2.13. The maximum Gasteiger partial charge on any atom is 0.254 e. The third kappa shape index (κ3) is 6.68. The molecule has 0 saturated heterocycles. The lowest BCUT2D eigenvalue weighted by Crippen LogP contribution is -2.38. The number of nitrogens with one attached hydrogen (secondary N) is 2. The number of amides is 1. The molecular weight excluding hydrogens is 444 g/mol. The molecule has 0 unspecified atom stereocenters. The van der Waals surface area contributed by atoms with Crippen molar-refractivity contribution in [3.05, 3.63) is 63.6 Å². The number of carbonyl (C=O) groups excluding carboxylic acids is 1. The number of benzene rings is 2. The van der Waals surface area contributed by atoms with Crippen LogP contribution in [0.25, 0.3) is 0 Å². The first-order valence-electron chi connectivity index (χ1n) is 10.1. The van der Waals surface area contributed by atoms with Crippen LogP contribution in [0.1, 0.15) is 48.8 Å². The van der Waals surface area contributed by atoms with E-state index in [4.69, 9.17) is 10.00 Å². The summed E-state index contributed by atoms with van der Waals surface area (Å²) in [7, 11) is 0. The first-order valence-corrected chi connectivity index (χ1v) is 10.9. The number of ether oxygens (including phenoxy) is 1. The molecule has 1 aliphatic rings. The van der Waals surface area contributed by atoms with Crippen molar-refractivity contribution in [2.24, 2.45) is 5.10 Å². The lowest BCUT2D eigenvalue weighted by molar-refractivity contribution is -0.120. The van der Waals surface area contributed by atoms with E-state index in [1.165, 1.54) is 19.3 Å². The fraction of sp³-hybridized carbons (Fsp3) is 0.348. The monoisotopic (exact) mass is 468 g/mol. The van der Waals surface area contributed by atoms with Gasteiger partial charge in [-0.2, -0.15) is 10.4 Å². The molecule has 0 atom stereocenters. The van der Waals surface area contributed by atoms with Crippen LogP contribution in [0, 0.1) is 11.3 Å². The number of nitrogens with zero attached hydrogens (tertiary/aromatic N) is 2. The van der Waals surface area contributed by atoms with Crippen molar-refractivity contribution in [3.63, 3.8) is 0 Å². The lowest BCUT2D eigenvalue weighted by Gasteiger charge is -2.22. The number of hydrogen-bond donors (Lipinski definition) is 2. The molecule has 156 valence electrons. The molecule has 0 heterocycles. The summed E-state index contributed by atoms with van der Waals surface area (Å²) in [6.07, 6.45) is 7.63. The van der Waals surface area contributed by atoms with Crippen LogP contribution in [-0.2, 0) is 11.4 Å². The molecule has 1 amide bonds. The Labute approximate surface area is 185 Å². The van der Waals surface area contributed by atoms with E-state index in [-0.39, 0.29) is 12.5 Å². The van der Waals surface area contributed by atoms with Gasteiger partial charge < -0.3 is 10.1 Å². The average molecular weight is 469 g/mol. The molecule has 0 aromatic heterocycles. The highest BCUT2D eigenvalue weighted by molar-refractivity contribution is 9.10. The molecule has 0 aliphatic heterocycles. The molecule has 0 bridgehead atoms. The molecule has 0 radical (unpaired) electrons. The zero-order valence-electron chi connectivity index (χ0n) is 16.7. The molecule has 7 heteroatoms. The summed E-state index contributed by atoms with van der Waals surface area (Å²) in [5.41, 5.74) is 4.82. The van der Waals surface area contributed by atoms with Crippen molar-refractivity contribution in [1.82, 2.24) is 10.7 Å². The van der Waals surface area contributed by atoms with Gasteiger partial charge in [-0.05, 0) is 58.6 Å². The largest absolute Gasteiger partial charge is 0.488 e. The van der Waals surface area contributed by atoms with Gasteiger partial charge in [-0.3, -0.25) is 4.79 Å². The first kappa shape index (κ1) is 22.0. The fourth-order valence-electron chi connectivity index (χ4n) is 3.39. The predicted molar refractivity (Wildman–Crippen MR) is 120 cm³/mol. The fourth-order valence-corrected chi connectivity index (χ4v) is 3.90. The maximum atomic E-state index is 11.9. The van der Waals surface area contributed by atoms with Crippen molar-refractivity contribution >= 4 is 28.1 Å². The van der Waals surface area contributed by atoms with Crippen LogP contribution >= 0.6 is 15.9 Å². The van der Waals surface area contributed by atoms with Gasteiger partial charge in [0.25, 0.3) is 5.91 Å². The number of halogens is 1. The Balaban J connectivity index is 1.47. The van der Waals surface area contributed by atoms with Gasteiger partial charge in [-0.25, -0.2) is 5.43 Å². The van der Waals surface area contributed by atoms with Crippen molar-refractivity contribution in [3.8, 4) is 11.8 Å². The molecule has 2 aromatic carbocycles. The van der Waals surface area contributed by atoms with Gasteiger partial charge in [0.05, 0.1) is 28.9 Å². The first-order chi connectivity index (χ1) is 14.7. The minimum Gasteiger partial charge on any atom is -0.488 e. The zero-order chi connectivity index (χ0) is 21.2. The van der Waals surface area contributed by atoms with Gasteiger partial charge in [0.15, 0.2) is 0 Å². The molecule has 2 N–H and O–H groups in total. The number of nitriles is 1. The second-order valence-corrected chi connectivity index (χ2v) is 8.11. The van der Waals surface area contributed by atoms with Gasteiger partial charge in [0.1, 0.15) is 12.4 Å². The predicted octanol–water partition coefficient (Wildman–Crippen LogP) is 4.27. The zero-order valence-corrected chi connectivity index (χ0v) is 18.3. The number of carbonyl (C=O) groups is 1. The molecule has 0 spiro atoms. The van der Waals surface area contributed by atoms with Crippen LogP contribution in [0.4, 0.5) is 0 Å². The molecule has 3 rings (SSSR count). The summed E-state index contributed by atoms with van der Waals surface area (Å²) < 4.78 is 6.60. The molecule has 1 saturated carbocycles. The van der Waals surface area contributed by atoms with Crippen LogP contribution in [0.3, 0.4) is 0 Å². The lowest BCUT2D eigenvalue weighted by atomic mass is 9.95. The van der Waals surface area contributed by atoms with E-state index in [2.05, 4.69) is 37.8 Å². The van der Waals surface area contributed by atoms with Crippen molar-refractivity contribution < 1.29 is 9.53 Å². The van der Waals surface area contributed by atoms with Crippen molar-refractivity contribution in [2.45, 2.75) is 44.8 Å². The SMILES string of the molecule is N#Cc1ccccc1COc1ccc(/C=N\NC(=O)CNC2CCCCC2)cc1Br. The smallest absolute Gasteiger partial charge is 0.254 e. The van der Waals surface area contributed by atoms with Crippen LogP contribution < -0.4 is 15.5 Å². The second kappa shape index (κ2) is 11.5. The molecule has 1 aliphatic carbocycles. The molecular formula is C23H25BrN4O2. The van der Waals surface area contributed by atoms with E-state index in [9.17, 15) is 4.79 Å². The summed E-state index contributed by atoms with van der Waals surface area (Å²) in [6, 6.07) is 15.5. The van der Waals surface area contributed by atoms with Gasteiger partial charge in [0.2, 0.25) is 0 Å². The minimum absolute atomic E-state index is 0.146. The molecule has 1 fully saturated rings. The average Bonchev–Trinajstić information content (AvgIpc) is 2.78. The quantitative estimate of drug-likeness (QED) is 0.447. The normalized spacial score (nSPS) is 14.4. The molecule has 30 heavy (non-hydrogen) atoms. The number of hydrazone groups is 1. The van der Waals surface area contributed by atoms with Crippen molar-refractivity contribution in [2.75, 3.05) is 6.54 Å². The Morgan fingerprint density at radius 3 is 2.80 bits per heavy atom. The van der Waals surface area contributed by atoms with Crippen LogP contribution in [0.2, 0.25) is 0 Å². The van der Waals surface area contributed by atoms with Crippen LogP contribution in [0.15, 0.2) is 52.0 Å². The minimum atomic E-state index is -0.146. The van der Waals surface area contributed by atoms with Gasteiger partial charge >= 0.3 is 0 Å². The summed E-state index contributed by atoms with van der Waals surface area (Å²) >= 11 is 3.50. The second-order valence-electron chi connectivity index (χ2n) is 7.26. The summed E-state index contributed by atoms with van der Waals surface area (Å²) in [5, 5.41) is 16.5. The van der Waals surface area contributed by atoms with E-state index in [1.807, 2.05) is 36.4 Å². The van der Waals surface area contributed by atoms with E-state index in [0.717, 1.165) is 28.4 Å². The number of hydrogen-bond acceptors (Lipinski definition) is 5. The van der Waals surface area contributed by atoms with E-state index in [0.29, 0.717) is 24.0 Å². The topological polar surface area (TPSA) is 86.5 Å². The van der Waals surface area contributed by atoms with E-state index < -0.39 is 0 Å². The third-order valence-corrected chi connectivity index (χ3v) is 5.66. The summed E-state index contributed by atoms with van der Waals surface area (Å²) in [5.74, 6) is 0.521. The van der Waals surface area contributed by atoms with Crippen LogP contribution in [0.5, 0.6) is 5.75 Å². The van der Waals surface area contributed by atoms with Gasteiger partial charge in [0, 0.05) is 11.6 Å². The Hall–Kier alpha value is -2.69. The van der Waals surface area contributed by atoms with Crippen LogP contribution in [-0.4, -0.2) is 24.7 Å².